The molecule has 1 aromatic carbocycles. The molecule has 5 nitrogen and oxygen atoms in total. The maximum atomic E-state index is 13.5. The van der Waals surface area contributed by atoms with Gasteiger partial charge in [0.2, 0.25) is 5.91 Å². The van der Waals surface area contributed by atoms with Crippen molar-refractivity contribution in [1.29, 1.82) is 0 Å². The van der Waals surface area contributed by atoms with Crippen LogP contribution >= 0.6 is 22.7 Å². The van der Waals surface area contributed by atoms with Crippen molar-refractivity contribution in [3.63, 3.8) is 0 Å². The number of thiophene rings is 1. The van der Waals surface area contributed by atoms with E-state index in [0.717, 1.165) is 51.6 Å². The Morgan fingerprint density at radius 2 is 1.93 bits per heavy atom. The number of nitrogens with zero attached hydrogens (tertiary/aromatic N) is 2. The van der Waals surface area contributed by atoms with Crippen LogP contribution in [0.1, 0.15) is 66.3 Å². The first kappa shape index (κ1) is 21.0. The van der Waals surface area contributed by atoms with Gasteiger partial charge in [0.05, 0.1) is 26.1 Å². The molecule has 0 spiro atoms. The average Bonchev–Trinajstić information content (AvgIpc) is 3.30. The molecule has 3 aromatic rings. The number of fused-ring (bicyclic) bond motifs is 1. The number of aromatic nitrogens is 1. The molecule has 3 heterocycles. The van der Waals surface area contributed by atoms with E-state index in [1.807, 2.05) is 56.9 Å². The number of carbonyl (C=O) groups excluding carboxylic acids is 2. The lowest BCUT2D eigenvalue weighted by Gasteiger charge is -2.34. The van der Waals surface area contributed by atoms with Gasteiger partial charge in [0.1, 0.15) is 5.01 Å². The Balaban J connectivity index is 1.60. The minimum Gasteiger partial charge on any atom is -0.328 e. The molecule has 2 amide bonds. The van der Waals surface area contributed by atoms with Crippen molar-refractivity contribution in [2.45, 2.75) is 53.0 Å². The summed E-state index contributed by atoms with van der Waals surface area (Å²) in [5, 5.41) is 4.70. The van der Waals surface area contributed by atoms with E-state index in [2.05, 4.69) is 11.4 Å². The summed E-state index contributed by atoms with van der Waals surface area (Å²) >= 11 is 3.05. The Morgan fingerprint density at radius 3 is 2.67 bits per heavy atom. The van der Waals surface area contributed by atoms with Crippen LogP contribution in [0.15, 0.2) is 30.3 Å². The van der Waals surface area contributed by atoms with Gasteiger partial charge < -0.3 is 10.2 Å². The van der Waals surface area contributed by atoms with E-state index in [9.17, 15) is 9.59 Å². The van der Waals surface area contributed by atoms with Crippen molar-refractivity contribution in [3.8, 4) is 0 Å². The molecular formula is C23H27N3O2S2. The monoisotopic (exact) mass is 441 g/mol. The maximum absolute atomic E-state index is 13.5. The number of aryl methyl sites for hydroxylation is 1. The third-order valence-corrected chi connectivity index (χ3v) is 7.67. The second-order valence-electron chi connectivity index (χ2n) is 8.86. The van der Waals surface area contributed by atoms with E-state index in [4.69, 9.17) is 4.98 Å². The van der Waals surface area contributed by atoms with E-state index in [-0.39, 0.29) is 17.9 Å². The molecule has 0 bridgehead atoms. The second kappa shape index (κ2) is 8.12. The van der Waals surface area contributed by atoms with Crippen LogP contribution in [0.25, 0.3) is 10.2 Å². The third-order valence-electron chi connectivity index (χ3n) is 5.39. The van der Waals surface area contributed by atoms with Crippen LogP contribution in [0.3, 0.4) is 0 Å². The summed E-state index contributed by atoms with van der Waals surface area (Å²) < 4.78 is 1.16. The zero-order chi connectivity index (χ0) is 21.5. The summed E-state index contributed by atoms with van der Waals surface area (Å²) in [6, 6.07) is 10.0. The number of piperidine rings is 1. The third kappa shape index (κ3) is 4.14. The summed E-state index contributed by atoms with van der Waals surface area (Å²) in [5.41, 5.74) is 1.42. The fourth-order valence-electron chi connectivity index (χ4n) is 3.65. The molecule has 4 rings (SSSR count). The van der Waals surface area contributed by atoms with Gasteiger partial charge in [-0.15, -0.1) is 22.7 Å². The number of carbonyl (C=O) groups is 2. The second-order valence-corrected chi connectivity index (χ2v) is 11.0. The predicted molar refractivity (Wildman–Crippen MR) is 124 cm³/mol. The van der Waals surface area contributed by atoms with Crippen LogP contribution in [0, 0.1) is 12.3 Å². The molecule has 1 N–H and O–H groups in total. The fraction of sp³-hybridized carbons (Fsp3) is 0.435. The minimum absolute atomic E-state index is 0.0118. The lowest BCUT2D eigenvalue weighted by Crippen LogP contribution is -2.38. The van der Waals surface area contributed by atoms with E-state index < -0.39 is 5.41 Å². The number of benzene rings is 1. The molecule has 0 radical (unpaired) electrons. The predicted octanol–water partition coefficient (Wildman–Crippen LogP) is 6.02. The van der Waals surface area contributed by atoms with Crippen LogP contribution in [0.4, 0.5) is 5.00 Å². The van der Waals surface area contributed by atoms with Gasteiger partial charge in [0.25, 0.3) is 5.91 Å². The van der Waals surface area contributed by atoms with Crippen LogP contribution < -0.4 is 5.32 Å². The van der Waals surface area contributed by atoms with E-state index in [1.165, 1.54) is 11.3 Å². The number of amides is 2. The molecule has 1 aliphatic heterocycles. The molecule has 0 saturated carbocycles. The van der Waals surface area contributed by atoms with Gasteiger partial charge in [-0.25, -0.2) is 4.98 Å². The maximum Gasteiger partial charge on any atom is 0.264 e. The summed E-state index contributed by atoms with van der Waals surface area (Å²) in [5.74, 6) is -0.00853. The molecule has 30 heavy (non-hydrogen) atoms. The van der Waals surface area contributed by atoms with Crippen molar-refractivity contribution in [1.82, 2.24) is 9.88 Å². The zero-order valence-corrected chi connectivity index (χ0v) is 19.5. The Hall–Kier alpha value is -2.25. The lowest BCUT2D eigenvalue weighted by molar-refractivity contribution is -0.123. The van der Waals surface area contributed by atoms with Crippen LogP contribution in [0.5, 0.6) is 0 Å². The summed E-state index contributed by atoms with van der Waals surface area (Å²) in [6.45, 7) is 8.31. The Bertz CT molecular complexity index is 1060. The van der Waals surface area contributed by atoms with Crippen LogP contribution in [-0.4, -0.2) is 28.2 Å². The van der Waals surface area contributed by atoms with Gasteiger partial charge in [0, 0.05) is 12.0 Å². The first-order valence-corrected chi connectivity index (χ1v) is 12.0. The van der Waals surface area contributed by atoms with Gasteiger partial charge in [-0.2, -0.15) is 0 Å². The van der Waals surface area contributed by atoms with Crippen molar-refractivity contribution in [2.24, 2.45) is 5.41 Å². The number of hydrogen-bond acceptors (Lipinski definition) is 5. The SMILES string of the molecule is Cc1cc(NC(=O)C(C)(C)C)sc1C(=O)N1CCCCC1c1nc2ccccc2s1. The normalized spacial score (nSPS) is 17.3. The molecule has 158 valence electrons. The Labute approximate surface area is 185 Å². The Kier molecular flexibility index (Phi) is 5.68. The highest BCUT2D eigenvalue weighted by Gasteiger charge is 2.32. The Morgan fingerprint density at radius 1 is 1.17 bits per heavy atom. The van der Waals surface area contributed by atoms with Gasteiger partial charge in [-0.05, 0) is 49.9 Å². The van der Waals surface area contributed by atoms with Crippen molar-refractivity contribution >= 4 is 49.7 Å². The number of rotatable bonds is 3. The quantitative estimate of drug-likeness (QED) is 0.541. The minimum atomic E-state index is -0.479. The van der Waals surface area contributed by atoms with Gasteiger partial charge in [-0.1, -0.05) is 32.9 Å². The molecule has 1 saturated heterocycles. The smallest absolute Gasteiger partial charge is 0.264 e. The van der Waals surface area contributed by atoms with Crippen molar-refractivity contribution < 1.29 is 9.59 Å². The average molecular weight is 442 g/mol. The van der Waals surface area contributed by atoms with E-state index in [0.29, 0.717) is 4.88 Å². The molecule has 7 heteroatoms. The largest absolute Gasteiger partial charge is 0.328 e. The van der Waals surface area contributed by atoms with Crippen LogP contribution in [-0.2, 0) is 4.79 Å². The number of hydrogen-bond donors (Lipinski definition) is 1. The van der Waals surface area contributed by atoms with Gasteiger partial charge in [-0.3, -0.25) is 9.59 Å². The zero-order valence-electron chi connectivity index (χ0n) is 17.8. The highest BCUT2D eigenvalue weighted by molar-refractivity contribution is 7.19. The first-order valence-electron chi connectivity index (χ1n) is 10.3. The molecule has 1 unspecified atom stereocenters. The molecule has 1 aliphatic rings. The lowest BCUT2D eigenvalue weighted by atomic mass is 9.96. The summed E-state index contributed by atoms with van der Waals surface area (Å²) in [4.78, 5) is 33.4. The number of para-hydroxylation sites is 1. The van der Waals surface area contributed by atoms with Crippen molar-refractivity contribution in [3.05, 3.63) is 45.8 Å². The number of nitrogens with one attached hydrogen (secondary N) is 1. The molecular weight excluding hydrogens is 414 g/mol. The number of thiazole rings is 1. The summed E-state index contributed by atoms with van der Waals surface area (Å²) in [6.07, 6.45) is 3.04. The van der Waals surface area contributed by atoms with Gasteiger partial charge >= 0.3 is 0 Å². The van der Waals surface area contributed by atoms with Crippen LogP contribution in [0.2, 0.25) is 0 Å². The highest BCUT2D eigenvalue weighted by atomic mass is 32.1. The molecule has 2 aromatic heterocycles. The topological polar surface area (TPSA) is 62.3 Å². The first-order chi connectivity index (χ1) is 14.2. The summed E-state index contributed by atoms with van der Waals surface area (Å²) in [7, 11) is 0. The van der Waals surface area contributed by atoms with E-state index in [1.54, 1.807) is 11.3 Å². The number of anilines is 1. The highest BCUT2D eigenvalue weighted by Crippen LogP contribution is 2.38. The molecule has 1 atom stereocenters. The standard InChI is InChI=1S/C23H27N3O2S2/c1-14-13-18(25-22(28)23(2,3)4)30-19(14)21(27)26-12-8-7-10-16(26)20-24-15-9-5-6-11-17(15)29-20/h5-6,9,11,13,16H,7-8,10,12H2,1-4H3,(H,25,28). The fourth-order valence-corrected chi connectivity index (χ4v) is 5.79. The van der Waals surface area contributed by atoms with Crippen molar-refractivity contribution in [2.75, 3.05) is 11.9 Å². The van der Waals surface area contributed by atoms with Gasteiger partial charge in [0.15, 0.2) is 0 Å². The molecule has 0 aliphatic carbocycles. The van der Waals surface area contributed by atoms with E-state index >= 15 is 0 Å². The molecule has 1 fully saturated rings. The number of likely N-dealkylation sites (tertiary alicyclic amines) is 1.